The third kappa shape index (κ3) is 4.19. The Balaban J connectivity index is 1.48. The highest BCUT2D eigenvalue weighted by molar-refractivity contribution is 7.14. The molecule has 0 radical (unpaired) electrons. The minimum absolute atomic E-state index is 0.0475. The van der Waals surface area contributed by atoms with E-state index >= 15 is 0 Å². The summed E-state index contributed by atoms with van der Waals surface area (Å²) in [5, 5.41) is 13.5. The zero-order chi connectivity index (χ0) is 25.4. The Morgan fingerprint density at radius 3 is 2.51 bits per heavy atom. The Labute approximate surface area is 216 Å². The summed E-state index contributed by atoms with van der Waals surface area (Å²) in [5.41, 5.74) is 0.874. The Morgan fingerprint density at radius 2 is 1.73 bits per heavy atom. The summed E-state index contributed by atoms with van der Waals surface area (Å²) in [7, 11) is 0. The van der Waals surface area contributed by atoms with Gasteiger partial charge in [-0.3, -0.25) is 14.5 Å². The number of ether oxygens (including phenoxy) is 3. The van der Waals surface area contributed by atoms with E-state index in [1.165, 1.54) is 16.2 Å². The predicted molar refractivity (Wildman–Crippen MR) is 137 cm³/mol. The quantitative estimate of drug-likeness (QED) is 0.219. The number of aromatic nitrogens is 1. The van der Waals surface area contributed by atoms with Crippen LogP contribution in [0.4, 0.5) is 5.13 Å². The molecule has 3 heterocycles. The highest BCUT2D eigenvalue weighted by Crippen LogP contribution is 2.44. The van der Waals surface area contributed by atoms with Gasteiger partial charge in [0.15, 0.2) is 16.6 Å². The first-order valence-electron chi connectivity index (χ1n) is 11.5. The van der Waals surface area contributed by atoms with Gasteiger partial charge >= 0.3 is 5.91 Å². The standard InChI is InChI=1S/C28H20N2O6S/c31-25(18-9-10-21-22(16-18)35-13-12-34-21)23-24(30(27(33)26(23)32)28-29-11-14-37-28)17-5-4-8-20(15-17)36-19-6-2-1-3-7-19/h1-11,14-16,24,31H,12-13H2/t24-/m0/s1. The average Bonchev–Trinajstić information content (AvgIpc) is 3.55. The van der Waals surface area contributed by atoms with Crippen molar-refractivity contribution in [3.05, 3.63) is 101 Å². The van der Waals surface area contributed by atoms with E-state index in [1.807, 2.05) is 30.3 Å². The summed E-state index contributed by atoms with van der Waals surface area (Å²) < 4.78 is 17.2. The molecule has 1 atom stereocenters. The van der Waals surface area contributed by atoms with Gasteiger partial charge in [0.1, 0.15) is 30.5 Å². The van der Waals surface area contributed by atoms with Crippen molar-refractivity contribution in [3.63, 3.8) is 0 Å². The molecule has 3 aromatic carbocycles. The second kappa shape index (κ2) is 9.44. The number of nitrogens with zero attached hydrogens (tertiary/aromatic N) is 2. The number of hydrogen-bond acceptors (Lipinski definition) is 8. The van der Waals surface area contributed by atoms with E-state index in [9.17, 15) is 14.7 Å². The largest absolute Gasteiger partial charge is 0.507 e. The number of aliphatic hydroxyl groups is 1. The first-order chi connectivity index (χ1) is 18.1. The van der Waals surface area contributed by atoms with Crippen molar-refractivity contribution in [3.8, 4) is 23.0 Å². The highest BCUT2D eigenvalue weighted by Gasteiger charge is 2.48. The number of para-hydroxylation sites is 1. The van der Waals surface area contributed by atoms with Gasteiger partial charge in [-0.15, -0.1) is 11.3 Å². The van der Waals surface area contributed by atoms with Crippen LogP contribution < -0.4 is 19.1 Å². The maximum absolute atomic E-state index is 13.4. The molecule has 8 nitrogen and oxygen atoms in total. The van der Waals surface area contributed by atoms with E-state index in [4.69, 9.17) is 14.2 Å². The summed E-state index contributed by atoms with van der Waals surface area (Å²) in [6.07, 6.45) is 1.56. The second-order valence-electron chi connectivity index (χ2n) is 8.33. The van der Waals surface area contributed by atoms with Gasteiger partial charge in [0.2, 0.25) is 0 Å². The maximum atomic E-state index is 13.4. The van der Waals surface area contributed by atoms with Crippen LogP contribution in [0.15, 0.2) is 89.9 Å². The fourth-order valence-corrected chi connectivity index (χ4v) is 5.07. The SMILES string of the molecule is O=C1C(=O)N(c2nccs2)[C@@H](c2cccc(Oc3ccccc3)c2)C1=C(O)c1ccc2c(c1)OCCO2. The summed E-state index contributed by atoms with van der Waals surface area (Å²) in [5.74, 6) is 0.286. The van der Waals surface area contributed by atoms with Crippen LogP contribution in [0.5, 0.6) is 23.0 Å². The molecule has 1 saturated heterocycles. The first-order valence-corrected chi connectivity index (χ1v) is 12.4. The number of thiazole rings is 1. The van der Waals surface area contributed by atoms with Gasteiger partial charge in [0.25, 0.3) is 5.78 Å². The molecule has 1 aromatic heterocycles. The van der Waals surface area contributed by atoms with Crippen LogP contribution in [0.2, 0.25) is 0 Å². The van der Waals surface area contributed by atoms with Gasteiger partial charge in [-0.25, -0.2) is 4.98 Å². The zero-order valence-electron chi connectivity index (χ0n) is 19.4. The average molecular weight is 513 g/mol. The van der Waals surface area contributed by atoms with Crippen molar-refractivity contribution in [2.24, 2.45) is 0 Å². The number of aliphatic hydroxyl groups excluding tert-OH is 1. The van der Waals surface area contributed by atoms with Crippen molar-refractivity contribution in [1.29, 1.82) is 0 Å². The molecule has 4 aromatic rings. The van der Waals surface area contributed by atoms with Crippen LogP contribution in [-0.4, -0.2) is 35.0 Å². The Hall–Kier alpha value is -4.63. The number of amides is 1. The number of rotatable bonds is 5. The van der Waals surface area contributed by atoms with Crippen molar-refractivity contribution >= 4 is 33.9 Å². The highest BCUT2D eigenvalue weighted by atomic mass is 32.1. The Morgan fingerprint density at radius 1 is 0.946 bits per heavy atom. The smallest absolute Gasteiger partial charge is 0.301 e. The number of hydrogen-bond donors (Lipinski definition) is 1. The number of fused-ring (bicyclic) bond motifs is 1. The van der Waals surface area contributed by atoms with Crippen molar-refractivity contribution in [2.45, 2.75) is 6.04 Å². The first kappa shape index (κ1) is 22.8. The molecule has 2 aliphatic heterocycles. The monoisotopic (exact) mass is 512 g/mol. The number of carbonyl (C=O) groups is 2. The molecular formula is C28H20N2O6S. The van der Waals surface area contributed by atoms with Crippen LogP contribution in [0.25, 0.3) is 5.76 Å². The van der Waals surface area contributed by atoms with Gasteiger partial charge < -0.3 is 19.3 Å². The molecule has 0 unspecified atom stereocenters. The van der Waals surface area contributed by atoms with E-state index in [1.54, 1.807) is 54.0 Å². The number of ketones is 1. The van der Waals surface area contributed by atoms with Crippen molar-refractivity contribution < 1.29 is 28.9 Å². The lowest BCUT2D eigenvalue weighted by atomic mass is 9.95. The normalized spacial score (nSPS) is 18.2. The molecule has 1 N–H and O–H groups in total. The van der Waals surface area contributed by atoms with Gasteiger partial charge in [-0.2, -0.15) is 0 Å². The van der Waals surface area contributed by atoms with E-state index in [0.717, 1.165) is 0 Å². The van der Waals surface area contributed by atoms with E-state index in [0.29, 0.717) is 52.5 Å². The minimum atomic E-state index is -0.918. The summed E-state index contributed by atoms with van der Waals surface area (Å²) in [4.78, 5) is 32.2. The van der Waals surface area contributed by atoms with Gasteiger partial charge in [-0.1, -0.05) is 30.3 Å². The molecular weight excluding hydrogens is 492 g/mol. The summed E-state index contributed by atoms with van der Waals surface area (Å²) in [6.45, 7) is 0.804. The Bertz CT molecular complexity index is 1520. The number of Topliss-reactive ketones (excluding diaryl/α,β-unsaturated/α-hetero) is 1. The topological polar surface area (TPSA) is 98.2 Å². The van der Waals surface area contributed by atoms with Gasteiger partial charge in [0.05, 0.1) is 11.6 Å². The van der Waals surface area contributed by atoms with Crippen LogP contribution >= 0.6 is 11.3 Å². The lowest BCUT2D eigenvalue weighted by molar-refractivity contribution is -0.132. The maximum Gasteiger partial charge on any atom is 0.301 e. The van der Waals surface area contributed by atoms with E-state index in [2.05, 4.69) is 4.98 Å². The van der Waals surface area contributed by atoms with Crippen LogP contribution in [0.3, 0.4) is 0 Å². The molecule has 9 heteroatoms. The molecule has 0 bridgehead atoms. The van der Waals surface area contributed by atoms with E-state index in [-0.39, 0.29) is 11.3 Å². The number of benzene rings is 3. The molecule has 1 amide bonds. The molecule has 0 aliphatic carbocycles. The second-order valence-corrected chi connectivity index (χ2v) is 9.20. The third-order valence-corrected chi connectivity index (χ3v) is 6.81. The molecule has 0 spiro atoms. The number of carbonyl (C=O) groups excluding carboxylic acids is 2. The van der Waals surface area contributed by atoms with Crippen molar-refractivity contribution in [1.82, 2.24) is 4.98 Å². The zero-order valence-corrected chi connectivity index (χ0v) is 20.2. The fourth-order valence-electron chi connectivity index (χ4n) is 4.40. The third-order valence-electron chi connectivity index (χ3n) is 6.04. The van der Waals surface area contributed by atoms with Crippen LogP contribution in [-0.2, 0) is 9.59 Å². The summed E-state index contributed by atoms with van der Waals surface area (Å²) >= 11 is 1.23. The molecule has 37 heavy (non-hydrogen) atoms. The van der Waals surface area contributed by atoms with Crippen LogP contribution in [0.1, 0.15) is 17.2 Å². The molecule has 2 aliphatic rings. The predicted octanol–water partition coefficient (Wildman–Crippen LogP) is 5.33. The van der Waals surface area contributed by atoms with Crippen LogP contribution in [0, 0.1) is 0 Å². The number of anilines is 1. The Kier molecular flexibility index (Phi) is 5.82. The lowest BCUT2D eigenvalue weighted by Crippen LogP contribution is -2.29. The molecule has 6 rings (SSSR count). The fraction of sp³-hybridized carbons (Fsp3) is 0.107. The van der Waals surface area contributed by atoms with E-state index < -0.39 is 17.7 Å². The molecule has 184 valence electrons. The summed E-state index contributed by atoms with van der Waals surface area (Å²) in [6, 6.07) is 20.4. The van der Waals surface area contributed by atoms with Crippen molar-refractivity contribution in [2.75, 3.05) is 18.1 Å². The minimum Gasteiger partial charge on any atom is -0.507 e. The lowest BCUT2D eigenvalue weighted by Gasteiger charge is -2.23. The molecule has 0 saturated carbocycles. The van der Waals surface area contributed by atoms with Gasteiger partial charge in [-0.05, 0) is 48.0 Å². The molecule has 1 fully saturated rings. The van der Waals surface area contributed by atoms with Gasteiger partial charge in [0, 0.05) is 17.1 Å².